The Morgan fingerprint density at radius 3 is 2.80 bits per heavy atom. The van der Waals surface area contributed by atoms with Crippen LogP contribution in [0.2, 0.25) is 0 Å². The summed E-state index contributed by atoms with van der Waals surface area (Å²) in [5.41, 5.74) is 1.48. The van der Waals surface area contributed by atoms with Gasteiger partial charge in [0.15, 0.2) is 11.6 Å². The molecule has 1 amide bonds. The monoisotopic (exact) mass is 412 g/mol. The first-order valence-electron chi connectivity index (χ1n) is 9.79. The molecule has 4 rings (SSSR count). The van der Waals surface area contributed by atoms with Gasteiger partial charge in [0.1, 0.15) is 11.5 Å². The number of carbonyl (C=O) groups excluding carboxylic acids is 1. The van der Waals surface area contributed by atoms with Crippen molar-refractivity contribution in [1.29, 1.82) is 0 Å². The maximum atomic E-state index is 14.2. The number of rotatable bonds is 4. The molecule has 1 unspecified atom stereocenters. The summed E-state index contributed by atoms with van der Waals surface area (Å²) in [6, 6.07) is 6.95. The van der Waals surface area contributed by atoms with E-state index in [1.807, 2.05) is 12.1 Å². The second-order valence-electron chi connectivity index (χ2n) is 7.39. The van der Waals surface area contributed by atoms with Crippen LogP contribution in [-0.2, 0) is 0 Å². The van der Waals surface area contributed by atoms with Crippen molar-refractivity contribution >= 4 is 11.7 Å². The summed E-state index contributed by atoms with van der Waals surface area (Å²) in [7, 11) is 0. The Morgan fingerprint density at radius 1 is 1.23 bits per heavy atom. The molecule has 0 saturated carbocycles. The van der Waals surface area contributed by atoms with Gasteiger partial charge in [-0.15, -0.1) is 5.10 Å². The lowest BCUT2D eigenvalue weighted by Crippen LogP contribution is -2.48. The number of aromatic nitrogens is 4. The number of hydrogen-bond donors (Lipinski definition) is 1. The Hall–Kier alpha value is -3.36. The Balaban J connectivity index is 1.53. The van der Waals surface area contributed by atoms with Crippen LogP contribution in [0.5, 0.6) is 0 Å². The van der Waals surface area contributed by atoms with E-state index in [4.69, 9.17) is 0 Å². The fraction of sp³-hybridized carbons (Fsp3) is 0.333. The smallest absolute Gasteiger partial charge is 0.255 e. The third kappa shape index (κ3) is 3.87. The zero-order chi connectivity index (χ0) is 21.3. The SMILES string of the molecule is Cc1nn(-c2ccc(F)cc2F)c(C)c1C(=O)NC1CCCN(c2cccnn2)C1. The van der Waals surface area contributed by atoms with Crippen LogP contribution >= 0.6 is 0 Å². The van der Waals surface area contributed by atoms with Crippen molar-refractivity contribution in [2.45, 2.75) is 32.7 Å². The Kier molecular flexibility index (Phi) is 5.43. The van der Waals surface area contributed by atoms with E-state index >= 15 is 0 Å². The molecular weight excluding hydrogens is 390 g/mol. The zero-order valence-corrected chi connectivity index (χ0v) is 16.8. The molecule has 1 fully saturated rings. The lowest BCUT2D eigenvalue weighted by Gasteiger charge is -2.33. The van der Waals surface area contributed by atoms with Crippen molar-refractivity contribution in [3.8, 4) is 5.69 Å². The second kappa shape index (κ2) is 8.17. The van der Waals surface area contributed by atoms with E-state index in [0.717, 1.165) is 37.3 Å². The quantitative estimate of drug-likeness (QED) is 0.713. The third-order valence-corrected chi connectivity index (χ3v) is 5.30. The lowest BCUT2D eigenvalue weighted by atomic mass is 10.0. The van der Waals surface area contributed by atoms with Crippen molar-refractivity contribution in [3.63, 3.8) is 0 Å². The van der Waals surface area contributed by atoms with Crippen LogP contribution in [0.1, 0.15) is 34.6 Å². The summed E-state index contributed by atoms with van der Waals surface area (Å²) in [4.78, 5) is 15.1. The van der Waals surface area contributed by atoms with E-state index in [1.165, 1.54) is 10.7 Å². The van der Waals surface area contributed by atoms with Gasteiger partial charge in [-0.25, -0.2) is 13.5 Å². The van der Waals surface area contributed by atoms with E-state index < -0.39 is 11.6 Å². The molecule has 156 valence electrons. The molecule has 1 N–H and O–H groups in total. The first-order valence-corrected chi connectivity index (χ1v) is 9.79. The summed E-state index contributed by atoms with van der Waals surface area (Å²) >= 11 is 0. The third-order valence-electron chi connectivity index (χ3n) is 5.30. The Bertz CT molecular complexity index is 1070. The number of benzene rings is 1. The number of hydrogen-bond acceptors (Lipinski definition) is 5. The number of anilines is 1. The highest BCUT2D eigenvalue weighted by Crippen LogP contribution is 2.22. The number of nitrogens with one attached hydrogen (secondary N) is 1. The highest BCUT2D eigenvalue weighted by molar-refractivity contribution is 5.96. The van der Waals surface area contributed by atoms with Crippen LogP contribution < -0.4 is 10.2 Å². The molecule has 3 aromatic rings. The molecule has 9 heteroatoms. The number of nitrogens with zero attached hydrogens (tertiary/aromatic N) is 5. The van der Waals surface area contributed by atoms with Crippen LogP contribution in [0, 0.1) is 25.5 Å². The van der Waals surface area contributed by atoms with Gasteiger partial charge in [0.2, 0.25) is 0 Å². The lowest BCUT2D eigenvalue weighted by molar-refractivity contribution is 0.0932. The molecule has 0 aliphatic carbocycles. The molecule has 0 spiro atoms. The Labute approximate surface area is 172 Å². The van der Waals surface area contributed by atoms with Gasteiger partial charge in [0, 0.05) is 31.4 Å². The molecule has 30 heavy (non-hydrogen) atoms. The molecular formula is C21H22F2N6O. The topological polar surface area (TPSA) is 75.9 Å². The molecule has 7 nitrogen and oxygen atoms in total. The minimum atomic E-state index is -0.737. The highest BCUT2D eigenvalue weighted by atomic mass is 19.1. The van der Waals surface area contributed by atoms with Gasteiger partial charge in [-0.2, -0.15) is 10.2 Å². The maximum absolute atomic E-state index is 14.2. The van der Waals surface area contributed by atoms with Crippen molar-refractivity contribution in [3.05, 3.63) is 65.1 Å². The number of halogens is 2. The first kappa shape index (κ1) is 19.9. The van der Waals surface area contributed by atoms with E-state index in [0.29, 0.717) is 23.5 Å². The maximum Gasteiger partial charge on any atom is 0.255 e. The van der Waals surface area contributed by atoms with Gasteiger partial charge in [-0.05, 0) is 51.0 Å². The van der Waals surface area contributed by atoms with Crippen LogP contribution in [0.15, 0.2) is 36.5 Å². The Morgan fingerprint density at radius 2 is 2.07 bits per heavy atom. The van der Waals surface area contributed by atoms with E-state index in [1.54, 1.807) is 20.0 Å². The number of piperidine rings is 1. The van der Waals surface area contributed by atoms with Crippen LogP contribution in [0.4, 0.5) is 14.6 Å². The summed E-state index contributed by atoms with van der Waals surface area (Å²) < 4.78 is 28.8. The van der Waals surface area contributed by atoms with E-state index in [2.05, 4.69) is 25.5 Å². The van der Waals surface area contributed by atoms with E-state index in [9.17, 15) is 13.6 Å². The van der Waals surface area contributed by atoms with Crippen LogP contribution in [0.3, 0.4) is 0 Å². The van der Waals surface area contributed by atoms with E-state index in [-0.39, 0.29) is 17.6 Å². The van der Waals surface area contributed by atoms with Crippen molar-refractivity contribution in [2.75, 3.05) is 18.0 Å². The van der Waals surface area contributed by atoms with Crippen molar-refractivity contribution in [2.24, 2.45) is 0 Å². The molecule has 1 aromatic carbocycles. The number of carbonyl (C=O) groups is 1. The summed E-state index contributed by atoms with van der Waals surface area (Å²) in [6.07, 6.45) is 3.39. The van der Waals surface area contributed by atoms with Gasteiger partial charge in [0.25, 0.3) is 5.91 Å². The molecule has 1 saturated heterocycles. The normalized spacial score (nSPS) is 16.5. The molecule has 1 atom stereocenters. The summed E-state index contributed by atoms with van der Waals surface area (Å²) in [5, 5.41) is 15.4. The van der Waals surface area contributed by atoms with Gasteiger partial charge in [-0.3, -0.25) is 4.79 Å². The highest BCUT2D eigenvalue weighted by Gasteiger charge is 2.26. The number of aryl methyl sites for hydroxylation is 1. The minimum absolute atomic E-state index is 0.0574. The fourth-order valence-corrected chi connectivity index (χ4v) is 3.88. The predicted octanol–water partition coefficient (Wildman–Crippen LogP) is 2.96. The van der Waals surface area contributed by atoms with Crippen molar-refractivity contribution in [1.82, 2.24) is 25.3 Å². The standard InChI is InChI=1S/C21H22F2N6O/c1-13-20(14(2)29(27-13)18-8-7-15(22)11-17(18)23)21(30)25-16-5-4-10-28(12-16)19-6-3-9-24-26-19/h3,6-9,11,16H,4-5,10,12H2,1-2H3,(H,25,30). The zero-order valence-electron chi connectivity index (χ0n) is 16.8. The largest absolute Gasteiger partial charge is 0.353 e. The van der Waals surface area contributed by atoms with Gasteiger partial charge in [0.05, 0.1) is 17.0 Å². The van der Waals surface area contributed by atoms with Gasteiger partial charge in [-0.1, -0.05) is 0 Å². The summed E-state index contributed by atoms with van der Waals surface area (Å²) in [6.45, 7) is 4.88. The van der Waals surface area contributed by atoms with Crippen LogP contribution in [0.25, 0.3) is 5.69 Å². The van der Waals surface area contributed by atoms with Gasteiger partial charge >= 0.3 is 0 Å². The molecule has 3 heterocycles. The van der Waals surface area contributed by atoms with Crippen LogP contribution in [-0.4, -0.2) is 45.0 Å². The van der Waals surface area contributed by atoms with Gasteiger partial charge < -0.3 is 10.2 Å². The predicted molar refractivity (Wildman–Crippen MR) is 108 cm³/mol. The number of amides is 1. The molecule has 1 aliphatic rings. The minimum Gasteiger partial charge on any atom is -0.353 e. The molecule has 2 aromatic heterocycles. The second-order valence-corrected chi connectivity index (χ2v) is 7.39. The molecule has 0 bridgehead atoms. The summed E-state index contributed by atoms with van der Waals surface area (Å²) in [5.74, 6) is -0.881. The fourth-order valence-electron chi connectivity index (χ4n) is 3.88. The average molecular weight is 412 g/mol. The average Bonchev–Trinajstić information content (AvgIpc) is 3.03. The molecule has 0 radical (unpaired) electrons. The molecule has 1 aliphatic heterocycles. The first-order chi connectivity index (χ1) is 14.4. The van der Waals surface area contributed by atoms with Crippen molar-refractivity contribution < 1.29 is 13.6 Å².